The number of fused-ring (bicyclic) bond motifs is 1. The van der Waals surface area contributed by atoms with Gasteiger partial charge < -0.3 is 19.0 Å². The molecule has 3 heterocycles. The summed E-state index contributed by atoms with van der Waals surface area (Å²) in [5.41, 5.74) is 3.05. The molecule has 0 saturated carbocycles. The Kier molecular flexibility index (Phi) is 6.37. The minimum absolute atomic E-state index is 0.0281. The Morgan fingerprint density at radius 3 is 2.80 bits per heavy atom. The van der Waals surface area contributed by atoms with Crippen LogP contribution in [0.5, 0.6) is 0 Å². The third-order valence-corrected chi connectivity index (χ3v) is 6.31. The number of amides is 1. The van der Waals surface area contributed by atoms with Crippen molar-refractivity contribution in [2.45, 2.75) is 26.0 Å². The van der Waals surface area contributed by atoms with Gasteiger partial charge in [0.1, 0.15) is 12.1 Å². The minimum Gasteiger partial charge on any atom is -0.463 e. The molecule has 35 heavy (non-hydrogen) atoms. The van der Waals surface area contributed by atoms with Crippen LogP contribution in [-0.2, 0) is 16.1 Å². The van der Waals surface area contributed by atoms with Crippen molar-refractivity contribution >= 4 is 41.1 Å². The van der Waals surface area contributed by atoms with E-state index in [-0.39, 0.29) is 18.6 Å². The van der Waals surface area contributed by atoms with Gasteiger partial charge in [-0.1, -0.05) is 17.7 Å². The zero-order valence-corrected chi connectivity index (χ0v) is 19.8. The van der Waals surface area contributed by atoms with Gasteiger partial charge in [0.2, 0.25) is 0 Å². The number of nitrogens with zero attached hydrogens (tertiary/aromatic N) is 6. The van der Waals surface area contributed by atoms with E-state index in [9.17, 15) is 9.59 Å². The van der Waals surface area contributed by atoms with E-state index in [0.29, 0.717) is 65.1 Å². The summed E-state index contributed by atoms with van der Waals surface area (Å²) in [6.07, 6.45) is 3.84. The fourth-order valence-corrected chi connectivity index (χ4v) is 4.39. The SMILES string of the molecule is C[C@@H]1CCN(c2nc3cc(Cl)ccc3o2)CCN1C(=O)c1cc(COC=O)ccc1-n1nccn1. The van der Waals surface area contributed by atoms with Crippen molar-refractivity contribution in [3.8, 4) is 5.69 Å². The fraction of sp³-hybridized carbons (Fsp3) is 0.292. The molecule has 1 fully saturated rings. The first-order chi connectivity index (χ1) is 17.0. The van der Waals surface area contributed by atoms with Gasteiger partial charge >= 0.3 is 0 Å². The summed E-state index contributed by atoms with van der Waals surface area (Å²) in [6, 6.07) is 11.1. The Bertz CT molecular complexity index is 1360. The summed E-state index contributed by atoms with van der Waals surface area (Å²) in [5, 5.41) is 8.98. The van der Waals surface area contributed by atoms with Gasteiger partial charge in [-0.2, -0.15) is 20.0 Å². The summed E-state index contributed by atoms with van der Waals surface area (Å²) in [6.45, 7) is 4.20. The quantitative estimate of drug-likeness (QED) is 0.375. The van der Waals surface area contributed by atoms with E-state index in [2.05, 4.69) is 15.2 Å². The number of oxazole rings is 1. The molecule has 10 nitrogen and oxygen atoms in total. The maximum absolute atomic E-state index is 13.8. The van der Waals surface area contributed by atoms with Gasteiger partial charge in [-0.05, 0) is 49.2 Å². The molecule has 1 amide bonds. The van der Waals surface area contributed by atoms with E-state index in [4.69, 9.17) is 20.8 Å². The van der Waals surface area contributed by atoms with Crippen LogP contribution in [-0.4, -0.2) is 62.9 Å². The molecule has 4 aromatic rings. The predicted molar refractivity (Wildman–Crippen MR) is 129 cm³/mol. The third kappa shape index (κ3) is 4.69. The van der Waals surface area contributed by atoms with E-state index < -0.39 is 0 Å². The Morgan fingerprint density at radius 2 is 2.00 bits per heavy atom. The highest BCUT2D eigenvalue weighted by molar-refractivity contribution is 6.31. The van der Waals surface area contributed by atoms with E-state index >= 15 is 0 Å². The highest BCUT2D eigenvalue weighted by Crippen LogP contribution is 2.27. The van der Waals surface area contributed by atoms with Gasteiger partial charge in [0.25, 0.3) is 18.4 Å². The molecule has 0 unspecified atom stereocenters. The normalized spacial score (nSPS) is 16.3. The van der Waals surface area contributed by atoms with Gasteiger partial charge in [-0.3, -0.25) is 9.59 Å². The van der Waals surface area contributed by atoms with E-state index in [0.717, 1.165) is 6.42 Å². The Hall–Kier alpha value is -3.92. The van der Waals surface area contributed by atoms with Crippen LogP contribution in [0.15, 0.2) is 53.2 Å². The molecule has 5 rings (SSSR count). The lowest BCUT2D eigenvalue weighted by Crippen LogP contribution is -2.40. The lowest BCUT2D eigenvalue weighted by atomic mass is 10.1. The number of ether oxygens (including phenoxy) is 1. The first-order valence-corrected chi connectivity index (χ1v) is 11.6. The summed E-state index contributed by atoms with van der Waals surface area (Å²) in [4.78, 5) is 34.3. The highest BCUT2D eigenvalue weighted by atomic mass is 35.5. The fourth-order valence-electron chi connectivity index (χ4n) is 4.22. The topological polar surface area (TPSA) is 107 Å². The van der Waals surface area contributed by atoms with Gasteiger partial charge in [-0.15, -0.1) is 0 Å². The molecule has 1 aliphatic heterocycles. The Labute approximate surface area is 206 Å². The molecule has 1 atom stereocenters. The van der Waals surface area contributed by atoms with Crippen molar-refractivity contribution in [2.75, 3.05) is 24.5 Å². The maximum atomic E-state index is 13.8. The lowest BCUT2D eigenvalue weighted by molar-refractivity contribution is -0.129. The molecule has 0 N–H and O–H groups in total. The van der Waals surface area contributed by atoms with E-state index in [1.165, 1.54) is 4.80 Å². The number of benzene rings is 2. The minimum atomic E-state index is -0.149. The van der Waals surface area contributed by atoms with Crippen LogP contribution in [0.1, 0.15) is 29.3 Å². The summed E-state index contributed by atoms with van der Waals surface area (Å²) < 4.78 is 10.8. The van der Waals surface area contributed by atoms with E-state index in [1.807, 2.05) is 16.7 Å². The second kappa shape index (κ2) is 9.75. The first kappa shape index (κ1) is 22.9. The molecule has 2 aromatic heterocycles. The van der Waals surface area contributed by atoms with Crippen LogP contribution in [0.2, 0.25) is 5.02 Å². The second-order valence-corrected chi connectivity index (χ2v) is 8.75. The highest BCUT2D eigenvalue weighted by Gasteiger charge is 2.29. The average molecular weight is 495 g/mol. The van der Waals surface area contributed by atoms with Gasteiger partial charge in [0.15, 0.2) is 5.58 Å². The smallest absolute Gasteiger partial charge is 0.298 e. The zero-order chi connectivity index (χ0) is 24.4. The third-order valence-electron chi connectivity index (χ3n) is 6.07. The number of hydrogen-bond donors (Lipinski definition) is 0. The van der Waals surface area contributed by atoms with Crippen LogP contribution >= 0.6 is 11.6 Å². The van der Waals surface area contributed by atoms with Crippen molar-refractivity contribution < 1.29 is 18.7 Å². The summed E-state index contributed by atoms with van der Waals surface area (Å²) in [7, 11) is 0. The molecule has 0 bridgehead atoms. The Morgan fingerprint density at radius 1 is 1.17 bits per heavy atom. The molecule has 1 aliphatic rings. The number of aromatic nitrogens is 4. The van der Waals surface area contributed by atoms with Crippen LogP contribution < -0.4 is 4.90 Å². The molecule has 0 aliphatic carbocycles. The van der Waals surface area contributed by atoms with Crippen molar-refractivity contribution in [1.82, 2.24) is 24.9 Å². The second-order valence-electron chi connectivity index (χ2n) is 8.31. The monoisotopic (exact) mass is 494 g/mol. The van der Waals surface area contributed by atoms with Crippen LogP contribution in [0.4, 0.5) is 6.01 Å². The molecule has 1 saturated heterocycles. The van der Waals surface area contributed by atoms with Crippen LogP contribution in [0.3, 0.4) is 0 Å². The Balaban J connectivity index is 1.41. The van der Waals surface area contributed by atoms with Crippen LogP contribution in [0, 0.1) is 0 Å². The van der Waals surface area contributed by atoms with Crippen molar-refractivity contribution in [3.63, 3.8) is 0 Å². The maximum Gasteiger partial charge on any atom is 0.298 e. The zero-order valence-electron chi connectivity index (χ0n) is 19.0. The predicted octanol–water partition coefficient (Wildman–Crippen LogP) is 3.48. The summed E-state index contributed by atoms with van der Waals surface area (Å²) in [5.74, 6) is -0.149. The molecule has 11 heteroatoms. The van der Waals surface area contributed by atoms with Crippen molar-refractivity contribution in [3.05, 3.63) is 64.9 Å². The van der Waals surface area contributed by atoms with Gasteiger partial charge in [0, 0.05) is 30.7 Å². The van der Waals surface area contributed by atoms with Gasteiger partial charge in [-0.25, -0.2) is 0 Å². The number of anilines is 1. The number of rotatable bonds is 6. The lowest BCUT2D eigenvalue weighted by Gasteiger charge is -2.27. The van der Waals surface area contributed by atoms with Gasteiger partial charge in [0.05, 0.1) is 23.6 Å². The van der Waals surface area contributed by atoms with E-state index in [1.54, 1.807) is 48.8 Å². The molecular formula is C24H23ClN6O4. The number of halogens is 1. The largest absolute Gasteiger partial charge is 0.463 e. The average Bonchev–Trinajstić information content (AvgIpc) is 3.50. The number of hydrogen-bond acceptors (Lipinski definition) is 8. The van der Waals surface area contributed by atoms with Crippen LogP contribution in [0.25, 0.3) is 16.8 Å². The molecule has 2 aromatic carbocycles. The summed E-state index contributed by atoms with van der Waals surface area (Å²) >= 11 is 6.08. The molecule has 180 valence electrons. The first-order valence-electron chi connectivity index (χ1n) is 11.2. The molecule has 0 spiro atoms. The van der Waals surface area contributed by atoms with Crippen molar-refractivity contribution in [2.24, 2.45) is 0 Å². The van der Waals surface area contributed by atoms with Crippen molar-refractivity contribution in [1.29, 1.82) is 0 Å². The standard InChI is InChI=1S/C24H23ClN6O4/c1-16-6-9-29(24-28-20-13-18(25)3-5-22(20)35-24)10-11-30(16)23(33)19-12-17(14-34-15-32)2-4-21(19)31-26-7-8-27-31/h2-5,7-8,12-13,15-16H,6,9-11,14H2,1H3/t16-/m1/s1. The molecular weight excluding hydrogens is 472 g/mol. The molecule has 0 radical (unpaired) electrons. The number of carbonyl (C=O) groups excluding carboxylic acids is 2. The number of carbonyl (C=O) groups is 2.